The molecule has 1 fully saturated rings. The van der Waals surface area contributed by atoms with E-state index < -0.39 is 18.1 Å². The van der Waals surface area contributed by atoms with Crippen LogP contribution in [0.1, 0.15) is 31.4 Å². The molecule has 1 aromatic rings. The van der Waals surface area contributed by atoms with E-state index in [9.17, 15) is 14.3 Å². The number of carboxylic acid groups (broad SMARTS) is 1. The van der Waals surface area contributed by atoms with Crippen molar-refractivity contribution < 1.29 is 19.4 Å². The fraction of sp³-hybridized carbons (Fsp3) is 0.533. The number of carboxylic acids is 1. The minimum absolute atomic E-state index is 0.0951. The number of aliphatic carboxylic acids is 1. The van der Waals surface area contributed by atoms with Gasteiger partial charge in [-0.25, -0.2) is 4.39 Å². The lowest BCUT2D eigenvalue weighted by atomic mass is 9.87. The average molecular weight is 281 g/mol. The largest absolute Gasteiger partial charge is 0.480 e. The zero-order chi connectivity index (χ0) is 14.7. The summed E-state index contributed by atoms with van der Waals surface area (Å²) in [6, 6.07) is 5.41. The second kappa shape index (κ2) is 6.33. The van der Waals surface area contributed by atoms with Crippen molar-refractivity contribution in [1.82, 2.24) is 4.90 Å². The molecule has 5 heteroatoms. The average Bonchev–Trinajstić information content (AvgIpc) is 2.46. The molecule has 2 atom stereocenters. The van der Waals surface area contributed by atoms with Gasteiger partial charge in [0, 0.05) is 0 Å². The van der Waals surface area contributed by atoms with Crippen LogP contribution < -0.4 is 0 Å². The van der Waals surface area contributed by atoms with Gasteiger partial charge >= 0.3 is 5.97 Å². The van der Waals surface area contributed by atoms with Crippen LogP contribution in [-0.2, 0) is 4.79 Å². The van der Waals surface area contributed by atoms with Crippen LogP contribution in [-0.4, -0.2) is 40.2 Å². The molecule has 0 aromatic heterocycles. The monoisotopic (exact) mass is 281 g/mol. The number of rotatable bonds is 4. The first-order valence-electron chi connectivity index (χ1n) is 6.89. The van der Waals surface area contributed by atoms with E-state index in [1.54, 1.807) is 19.1 Å². The Morgan fingerprint density at radius 2 is 1.85 bits per heavy atom. The summed E-state index contributed by atoms with van der Waals surface area (Å²) in [6.07, 6.45) is 0.879. The molecule has 20 heavy (non-hydrogen) atoms. The van der Waals surface area contributed by atoms with Crippen molar-refractivity contribution in [2.24, 2.45) is 5.92 Å². The van der Waals surface area contributed by atoms with Crippen molar-refractivity contribution in [1.29, 1.82) is 0 Å². The zero-order valence-electron chi connectivity index (χ0n) is 11.5. The van der Waals surface area contributed by atoms with E-state index in [2.05, 4.69) is 0 Å². The fourth-order valence-corrected chi connectivity index (χ4v) is 2.71. The van der Waals surface area contributed by atoms with E-state index >= 15 is 0 Å². The molecule has 0 saturated carbocycles. The van der Waals surface area contributed by atoms with Crippen molar-refractivity contribution in [3.63, 3.8) is 0 Å². The number of nitrogens with zero attached hydrogens (tertiary/aromatic N) is 1. The van der Waals surface area contributed by atoms with E-state index in [1.807, 2.05) is 4.90 Å². The summed E-state index contributed by atoms with van der Waals surface area (Å²) in [6.45, 7) is 3.01. The van der Waals surface area contributed by atoms with Gasteiger partial charge < -0.3 is 10.2 Å². The van der Waals surface area contributed by atoms with Crippen LogP contribution in [0.15, 0.2) is 24.3 Å². The normalized spacial score (nSPS) is 20.6. The Morgan fingerprint density at radius 3 is 2.35 bits per heavy atom. The maximum Gasteiger partial charge on any atom is 0.320 e. The van der Waals surface area contributed by atoms with Crippen molar-refractivity contribution >= 4 is 5.97 Å². The van der Waals surface area contributed by atoms with Crippen LogP contribution in [0.5, 0.6) is 0 Å². The third kappa shape index (κ3) is 3.35. The predicted octanol–water partition coefficient (Wildman–Crippen LogP) is 2.04. The quantitative estimate of drug-likeness (QED) is 0.886. The highest BCUT2D eigenvalue weighted by atomic mass is 19.1. The first kappa shape index (κ1) is 14.9. The maximum atomic E-state index is 12.9. The molecule has 1 aliphatic rings. The van der Waals surface area contributed by atoms with Crippen LogP contribution in [0.2, 0.25) is 0 Å². The van der Waals surface area contributed by atoms with E-state index in [4.69, 9.17) is 5.11 Å². The predicted molar refractivity (Wildman–Crippen MR) is 72.8 cm³/mol. The summed E-state index contributed by atoms with van der Waals surface area (Å²) in [5.74, 6) is -1.04. The summed E-state index contributed by atoms with van der Waals surface area (Å²) in [4.78, 5) is 12.9. The first-order valence-corrected chi connectivity index (χ1v) is 6.89. The van der Waals surface area contributed by atoms with Gasteiger partial charge in [-0.2, -0.15) is 0 Å². The Labute approximate surface area is 117 Å². The van der Waals surface area contributed by atoms with E-state index in [1.165, 1.54) is 12.1 Å². The molecule has 4 nitrogen and oxygen atoms in total. The lowest BCUT2D eigenvalue weighted by molar-refractivity contribution is -0.143. The second-order valence-electron chi connectivity index (χ2n) is 5.38. The Morgan fingerprint density at radius 1 is 1.30 bits per heavy atom. The van der Waals surface area contributed by atoms with Gasteiger partial charge in [-0.3, -0.25) is 9.69 Å². The van der Waals surface area contributed by atoms with Gasteiger partial charge in [-0.05, 0) is 56.5 Å². The molecule has 1 aromatic carbocycles. The van der Waals surface area contributed by atoms with Gasteiger partial charge in [0.15, 0.2) is 0 Å². The lowest BCUT2D eigenvalue weighted by Crippen LogP contribution is -2.44. The number of hydrogen-bond donors (Lipinski definition) is 2. The summed E-state index contributed by atoms with van der Waals surface area (Å²) >= 11 is 0. The molecule has 0 aliphatic carbocycles. The van der Waals surface area contributed by atoms with Crippen molar-refractivity contribution in [2.75, 3.05) is 13.1 Å². The standard InChI is InChI=1S/C15H20FNO3/c1-10(15(19)20)17-8-6-12(7-9-17)14(18)11-2-4-13(16)5-3-11/h2-5,10,12,14,18H,6-9H2,1H3,(H,19,20)/t10-,14-/m0/s1. The van der Waals surface area contributed by atoms with Crippen molar-refractivity contribution in [3.05, 3.63) is 35.6 Å². The van der Waals surface area contributed by atoms with Crippen molar-refractivity contribution in [2.45, 2.75) is 31.9 Å². The molecule has 110 valence electrons. The van der Waals surface area contributed by atoms with E-state index in [0.717, 1.165) is 18.4 Å². The molecule has 2 N–H and O–H groups in total. The lowest BCUT2D eigenvalue weighted by Gasteiger charge is -2.36. The summed E-state index contributed by atoms with van der Waals surface area (Å²) < 4.78 is 12.9. The highest BCUT2D eigenvalue weighted by molar-refractivity contribution is 5.72. The van der Waals surface area contributed by atoms with Crippen LogP contribution in [0.25, 0.3) is 0 Å². The Kier molecular flexibility index (Phi) is 4.73. The second-order valence-corrected chi connectivity index (χ2v) is 5.38. The molecule has 2 rings (SSSR count). The number of halogens is 1. The Balaban J connectivity index is 1.93. The van der Waals surface area contributed by atoms with Gasteiger partial charge in [0.25, 0.3) is 0 Å². The minimum Gasteiger partial charge on any atom is -0.480 e. The van der Waals surface area contributed by atoms with E-state index in [-0.39, 0.29) is 11.7 Å². The van der Waals surface area contributed by atoms with Crippen LogP contribution in [0.3, 0.4) is 0 Å². The number of aliphatic hydroxyl groups is 1. The van der Waals surface area contributed by atoms with E-state index in [0.29, 0.717) is 13.1 Å². The number of benzene rings is 1. The van der Waals surface area contributed by atoms with Crippen LogP contribution >= 0.6 is 0 Å². The molecule has 0 amide bonds. The molecule has 1 heterocycles. The fourth-order valence-electron chi connectivity index (χ4n) is 2.71. The molecule has 1 aliphatic heterocycles. The third-order valence-corrected chi connectivity index (χ3v) is 4.14. The minimum atomic E-state index is -0.817. The molecule has 0 spiro atoms. The van der Waals surface area contributed by atoms with Gasteiger partial charge in [-0.1, -0.05) is 12.1 Å². The summed E-state index contributed by atoms with van der Waals surface area (Å²) in [5.41, 5.74) is 0.719. The third-order valence-electron chi connectivity index (χ3n) is 4.14. The maximum absolute atomic E-state index is 12.9. The molecule has 0 unspecified atom stereocenters. The van der Waals surface area contributed by atoms with Gasteiger partial charge in [-0.15, -0.1) is 0 Å². The smallest absolute Gasteiger partial charge is 0.320 e. The highest BCUT2D eigenvalue weighted by Crippen LogP contribution is 2.31. The first-order chi connectivity index (χ1) is 9.49. The van der Waals surface area contributed by atoms with Gasteiger partial charge in [0.05, 0.1) is 6.10 Å². The Bertz CT molecular complexity index is 455. The van der Waals surface area contributed by atoms with Gasteiger partial charge in [0.1, 0.15) is 11.9 Å². The van der Waals surface area contributed by atoms with Crippen LogP contribution in [0, 0.1) is 11.7 Å². The number of piperidine rings is 1. The topological polar surface area (TPSA) is 60.8 Å². The number of likely N-dealkylation sites (tertiary alicyclic amines) is 1. The molecular formula is C15H20FNO3. The van der Waals surface area contributed by atoms with Gasteiger partial charge in [0.2, 0.25) is 0 Å². The van der Waals surface area contributed by atoms with Crippen LogP contribution in [0.4, 0.5) is 4.39 Å². The number of aliphatic hydroxyl groups excluding tert-OH is 1. The molecular weight excluding hydrogens is 261 g/mol. The molecule has 0 radical (unpaired) electrons. The summed E-state index contributed by atoms with van der Waals surface area (Å²) in [7, 11) is 0. The molecule has 1 saturated heterocycles. The zero-order valence-corrected chi connectivity index (χ0v) is 11.5. The SMILES string of the molecule is C[C@@H](C(=O)O)N1CCC([C@@H](O)c2ccc(F)cc2)CC1. The highest BCUT2D eigenvalue weighted by Gasteiger charge is 2.30. The number of carbonyl (C=O) groups is 1. The number of hydrogen-bond acceptors (Lipinski definition) is 3. The summed E-state index contributed by atoms with van der Waals surface area (Å²) in [5, 5.41) is 19.3. The Hall–Kier alpha value is -1.46. The molecule has 0 bridgehead atoms. The van der Waals surface area contributed by atoms with Crippen molar-refractivity contribution in [3.8, 4) is 0 Å².